The van der Waals surface area contributed by atoms with Gasteiger partial charge in [0.25, 0.3) is 0 Å². The second kappa shape index (κ2) is 27.4. The van der Waals surface area contributed by atoms with Crippen LogP contribution in [0.25, 0.3) is 22.3 Å². The van der Waals surface area contributed by atoms with Gasteiger partial charge in [-0.1, -0.05) is 209 Å². The number of hydrogen-bond donors (Lipinski definition) is 0. The standard InChI is InChI=1S/C34H39N.C32H33Cl2N/c1-4-5-6-7-8-9-10-29-15-17-30(18-16-29)31-19-25-34(26-20-31)35(32-21-11-27(2)12-22-32)33-23-13-28(3)14-24-33;1-2-3-4-5-6-7-8-25-9-11-26(12-10-25)27-13-19-30(20-14-27)35(31-21-15-28(33)16-22-31)32-23-17-29(34)18-24-32/h11-26H,4-10H2,1-3H3;9-24H,2-8H2,1H3. The third-order valence-electron chi connectivity index (χ3n) is 13.2. The predicted molar refractivity (Wildman–Crippen MR) is 307 cm³/mol. The van der Waals surface area contributed by atoms with Gasteiger partial charge >= 0.3 is 0 Å². The van der Waals surface area contributed by atoms with Crippen molar-refractivity contribution in [2.75, 3.05) is 9.80 Å². The number of aryl methyl sites for hydroxylation is 4. The molecule has 0 saturated heterocycles. The SMILES string of the molecule is CCCCCCCCc1ccc(-c2ccc(N(c3ccc(C)cc3)c3ccc(C)cc3)cc2)cc1.CCCCCCCCc1ccc(-c2ccc(N(c3ccc(Cl)cc3)c3ccc(Cl)cc3)cc2)cc1. The van der Waals surface area contributed by atoms with Crippen LogP contribution in [0.4, 0.5) is 34.1 Å². The van der Waals surface area contributed by atoms with E-state index in [0.717, 1.165) is 27.1 Å². The molecule has 0 spiro atoms. The monoisotopic (exact) mass is 963 g/mol. The molecule has 8 aromatic rings. The Bertz CT molecular complexity index is 2420. The van der Waals surface area contributed by atoms with Crippen LogP contribution in [0.2, 0.25) is 10.0 Å². The molecule has 0 atom stereocenters. The van der Waals surface area contributed by atoms with Crippen LogP contribution < -0.4 is 9.80 Å². The average molecular weight is 964 g/mol. The van der Waals surface area contributed by atoms with E-state index in [9.17, 15) is 0 Å². The molecule has 0 fully saturated rings. The number of anilines is 6. The van der Waals surface area contributed by atoms with Crippen molar-refractivity contribution in [2.24, 2.45) is 0 Å². The molecule has 2 nitrogen and oxygen atoms in total. The van der Waals surface area contributed by atoms with Gasteiger partial charge in [0.15, 0.2) is 0 Å². The third-order valence-corrected chi connectivity index (χ3v) is 13.7. The summed E-state index contributed by atoms with van der Waals surface area (Å²) in [4.78, 5) is 4.53. The number of rotatable bonds is 22. The van der Waals surface area contributed by atoms with Gasteiger partial charge in [-0.15, -0.1) is 0 Å². The smallest absolute Gasteiger partial charge is 0.0462 e. The first-order valence-corrected chi connectivity index (χ1v) is 26.7. The number of nitrogens with zero attached hydrogens (tertiary/aromatic N) is 2. The van der Waals surface area contributed by atoms with E-state index in [2.05, 4.69) is 183 Å². The molecule has 0 aromatic heterocycles. The van der Waals surface area contributed by atoms with Crippen LogP contribution in [-0.4, -0.2) is 0 Å². The van der Waals surface area contributed by atoms with E-state index < -0.39 is 0 Å². The van der Waals surface area contributed by atoms with Gasteiger partial charge in [-0.3, -0.25) is 0 Å². The maximum atomic E-state index is 6.15. The molecule has 360 valence electrons. The summed E-state index contributed by atoms with van der Waals surface area (Å²) in [5.41, 5.74) is 17.1. The van der Waals surface area contributed by atoms with Gasteiger partial charge in [-0.25, -0.2) is 0 Å². The fourth-order valence-electron chi connectivity index (χ4n) is 9.01. The Morgan fingerprint density at radius 3 is 0.786 bits per heavy atom. The van der Waals surface area contributed by atoms with E-state index >= 15 is 0 Å². The van der Waals surface area contributed by atoms with Crippen LogP contribution in [0.1, 0.15) is 113 Å². The van der Waals surface area contributed by atoms with Crippen LogP contribution in [-0.2, 0) is 12.8 Å². The molecular formula is C66H72Cl2N2. The number of hydrogen-bond acceptors (Lipinski definition) is 2. The molecule has 8 rings (SSSR count). The van der Waals surface area contributed by atoms with Crippen LogP contribution in [0, 0.1) is 13.8 Å². The quantitative estimate of drug-likeness (QED) is 0.0625. The normalized spacial score (nSPS) is 10.9. The second-order valence-corrected chi connectivity index (χ2v) is 19.7. The Kier molecular flexibility index (Phi) is 20.2. The molecule has 0 bridgehead atoms. The summed E-state index contributed by atoms with van der Waals surface area (Å²) in [6.07, 6.45) is 18.5. The van der Waals surface area contributed by atoms with E-state index in [4.69, 9.17) is 23.2 Å². The Balaban J connectivity index is 0.000000206. The Labute approximate surface area is 431 Å². The van der Waals surface area contributed by atoms with Crippen molar-refractivity contribution in [1.29, 1.82) is 0 Å². The van der Waals surface area contributed by atoms with Crippen molar-refractivity contribution in [1.82, 2.24) is 0 Å². The lowest BCUT2D eigenvalue weighted by atomic mass is 10.0. The van der Waals surface area contributed by atoms with Crippen molar-refractivity contribution in [3.05, 3.63) is 226 Å². The van der Waals surface area contributed by atoms with Gasteiger partial charge in [0.1, 0.15) is 0 Å². The minimum absolute atomic E-state index is 0.722. The van der Waals surface area contributed by atoms with Crippen molar-refractivity contribution in [3.63, 3.8) is 0 Å². The van der Waals surface area contributed by atoms with Gasteiger partial charge in [0, 0.05) is 44.2 Å². The molecule has 0 unspecified atom stereocenters. The first-order valence-electron chi connectivity index (χ1n) is 25.9. The van der Waals surface area contributed by atoms with Gasteiger partial charge < -0.3 is 9.80 Å². The molecule has 0 saturated carbocycles. The highest BCUT2D eigenvalue weighted by Gasteiger charge is 2.15. The summed E-state index contributed by atoms with van der Waals surface area (Å²) >= 11 is 12.3. The lowest BCUT2D eigenvalue weighted by Gasteiger charge is -2.26. The van der Waals surface area contributed by atoms with Crippen molar-refractivity contribution < 1.29 is 0 Å². The van der Waals surface area contributed by atoms with Gasteiger partial charge in [-0.05, 0) is 170 Å². The first-order chi connectivity index (χ1) is 34.3. The van der Waals surface area contributed by atoms with Crippen LogP contribution in [0.15, 0.2) is 194 Å². The Morgan fingerprint density at radius 1 is 0.271 bits per heavy atom. The summed E-state index contributed by atoms with van der Waals surface area (Å²) in [6, 6.07) is 69.2. The summed E-state index contributed by atoms with van der Waals surface area (Å²) < 4.78 is 0. The fraction of sp³-hybridized carbons (Fsp3) is 0.273. The van der Waals surface area contributed by atoms with Gasteiger partial charge in [0.05, 0.1) is 0 Å². The van der Waals surface area contributed by atoms with Crippen LogP contribution in [0.3, 0.4) is 0 Å². The molecule has 8 aromatic carbocycles. The summed E-state index contributed by atoms with van der Waals surface area (Å²) in [7, 11) is 0. The molecule has 4 heteroatoms. The molecule has 0 aliphatic carbocycles. The summed E-state index contributed by atoms with van der Waals surface area (Å²) in [5.74, 6) is 0. The summed E-state index contributed by atoms with van der Waals surface area (Å²) in [5, 5.41) is 1.44. The first kappa shape index (κ1) is 51.8. The molecule has 0 radical (unpaired) electrons. The summed E-state index contributed by atoms with van der Waals surface area (Å²) in [6.45, 7) is 8.81. The van der Waals surface area contributed by atoms with E-state index in [0.29, 0.717) is 0 Å². The number of halogens is 2. The highest BCUT2D eigenvalue weighted by Crippen LogP contribution is 2.38. The van der Waals surface area contributed by atoms with Crippen LogP contribution >= 0.6 is 23.2 Å². The number of benzene rings is 8. The van der Waals surface area contributed by atoms with Gasteiger partial charge in [0.2, 0.25) is 0 Å². The largest absolute Gasteiger partial charge is 0.311 e. The molecule has 0 aliphatic heterocycles. The molecule has 0 heterocycles. The van der Waals surface area contributed by atoms with E-state index in [1.807, 2.05) is 48.5 Å². The van der Waals surface area contributed by atoms with E-state index in [-0.39, 0.29) is 0 Å². The van der Waals surface area contributed by atoms with Crippen molar-refractivity contribution >= 4 is 57.3 Å². The highest BCUT2D eigenvalue weighted by molar-refractivity contribution is 6.31. The average Bonchev–Trinajstić information content (AvgIpc) is 3.39. The van der Waals surface area contributed by atoms with E-state index in [1.54, 1.807) is 0 Å². The Hall–Kier alpha value is -6.06. The zero-order chi connectivity index (χ0) is 48.9. The molecular weight excluding hydrogens is 892 g/mol. The molecule has 0 aliphatic rings. The van der Waals surface area contributed by atoms with Crippen molar-refractivity contribution in [2.45, 2.75) is 118 Å². The van der Waals surface area contributed by atoms with Gasteiger partial charge in [-0.2, -0.15) is 0 Å². The molecule has 0 amide bonds. The minimum atomic E-state index is 0.722. The Morgan fingerprint density at radius 2 is 0.500 bits per heavy atom. The van der Waals surface area contributed by atoms with Crippen LogP contribution in [0.5, 0.6) is 0 Å². The maximum absolute atomic E-state index is 6.15. The zero-order valence-electron chi connectivity index (χ0n) is 42.0. The number of unbranched alkanes of at least 4 members (excludes halogenated alkanes) is 10. The molecule has 70 heavy (non-hydrogen) atoms. The lowest BCUT2D eigenvalue weighted by molar-refractivity contribution is 0.607. The third kappa shape index (κ3) is 15.5. The second-order valence-electron chi connectivity index (χ2n) is 18.8. The van der Waals surface area contributed by atoms with E-state index in [1.165, 1.54) is 151 Å². The minimum Gasteiger partial charge on any atom is -0.311 e. The molecule has 0 N–H and O–H groups in total. The predicted octanol–water partition coefficient (Wildman–Crippen LogP) is 21.4. The zero-order valence-corrected chi connectivity index (χ0v) is 43.5. The lowest BCUT2D eigenvalue weighted by Crippen LogP contribution is -2.09. The topological polar surface area (TPSA) is 6.48 Å². The highest BCUT2D eigenvalue weighted by atomic mass is 35.5. The van der Waals surface area contributed by atoms with Crippen molar-refractivity contribution in [3.8, 4) is 22.3 Å². The fourth-order valence-corrected chi connectivity index (χ4v) is 9.27. The maximum Gasteiger partial charge on any atom is 0.0462 e.